The zero-order chi connectivity index (χ0) is 15.0. The van der Waals surface area contributed by atoms with Crippen LogP contribution in [0.5, 0.6) is 0 Å². The van der Waals surface area contributed by atoms with Gasteiger partial charge in [0.05, 0.1) is 0 Å². The molecule has 0 aliphatic rings. The molecule has 0 aliphatic heterocycles. The summed E-state index contributed by atoms with van der Waals surface area (Å²) in [7, 11) is -3.42. The van der Waals surface area contributed by atoms with Gasteiger partial charge in [0.2, 0.25) is 8.32 Å². The molecule has 0 aromatic heterocycles. The van der Waals surface area contributed by atoms with Gasteiger partial charge < -0.3 is 8.85 Å². The van der Waals surface area contributed by atoms with Crippen molar-refractivity contribution in [2.45, 2.75) is 78.0 Å². The SMILES string of the molecule is C=C(O[Si](C)(C)C)C(C)(C)O[Si](C)(C)C(C)(C)C. The summed E-state index contributed by atoms with van der Waals surface area (Å²) in [6, 6.07) is 0. The van der Waals surface area contributed by atoms with E-state index in [0.29, 0.717) is 0 Å². The third-order valence-corrected chi connectivity index (χ3v) is 8.91. The van der Waals surface area contributed by atoms with Crippen LogP contribution in [0.4, 0.5) is 0 Å². The Bertz CT molecular complexity index is 307. The van der Waals surface area contributed by atoms with Crippen molar-refractivity contribution < 1.29 is 8.85 Å². The summed E-state index contributed by atoms with van der Waals surface area (Å²) in [5.74, 6) is 0.770. The molecule has 0 unspecified atom stereocenters. The van der Waals surface area contributed by atoms with E-state index in [1.54, 1.807) is 0 Å². The monoisotopic (exact) mass is 288 g/mol. The van der Waals surface area contributed by atoms with Crippen LogP contribution in [0.1, 0.15) is 34.6 Å². The second kappa shape index (κ2) is 5.14. The minimum Gasteiger partial charge on any atom is -0.546 e. The van der Waals surface area contributed by atoms with Crippen LogP contribution in [-0.4, -0.2) is 22.2 Å². The maximum Gasteiger partial charge on any atom is 0.241 e. The van der Waals surface area contributed by atoms with Crippen molar-refractivity contribution in [1.82, 2.24) is 0 Å². The second-order valence-electron chi connectivity index (χ2n) is 8.01. The van der Waals surface area contributed by atoms with E-state index in [1.807, 2.05) is 0 Å². The molecule has 4 heteroatoms. The van der Waals surface area contributed by atoms with Crippen LogP contribution in [0.25, 0.3) is 0 Å². The van der Waals surface area contributed by atoms with Crippen molar-refractivity contribution in [2.75, 3.05) is 0 Å². The molecule has 2 nitrogen and oxygen atoms in total. The fourth-order valence-corrected chi connectivity index (χ4v) is 4.02. The highest BCUT2D eigenvalue weighted by atomic mass is 28.4. The molecule has 0 aromatic carbocycles. The Hall–Kier alpha value is -0.0662. The van der Waals surface area contributed by atoms with Crippen molar-refractivity contribution in [3.05, 3.63) is 12.3 Å². The first-order chi connectivity index (χ1) is 7.58. The molecule has 0 bridgehead atoms. The van der Waals surface area contributed by atoms with Gasteiger partial charge >= 0.3 is 0 Å². The zero-order valence-electron chi connectivity index (χ0n) is 14.0. The Morgan fingerprint density at radius 3 is 1.56 bits per heavy atom. The lowest BCUT2D eigenvalue weighted by Crippen LogP contribution is -2.49. The first-order valence-electron chi connectivity index (χ1n) is 6.67. The van der Waals surface area contributed by atoms with Gasteiger partial charge in [-0.2, -0.15) is 0 Å². The Morgan fingerprint density at radius 2 is 1.28 bits per heavy atom. The molecular weight excluding hydrogens is 256 g/mol. The molecule has 18 heavy (non-hydrogen) atoms. The van der Waals surface area contributed by atoms with Crippen LogP contribution in [0, 0.1) is 0 Å². The molecule has 0 fully saturated rings. The van der Waals surface area contributed by atoms with E-state index in [2.05, 4.69) is 73.9 Å². The van der Waals surface area contributed by atoms with Gasteiger partial charge in [-0.05, 0) is 51.6 Å². The summed E-state index contributed by atoms with van der Waals surface area (Å²) >= 11 is 0. The second-order valence-corrected chi connectivity index (χ2v) is 17.2. The summed E-state index contributed by atoms with van der Waals surface area (Å²) in [6.45, 7) is 26.0. The van der Waals surface area contributed by atoms with Crippen molar-refractivity contribution in [3.8, 4) is 0 Å². The first kappa shape index (κ1) is 17.9. The summed E-state index contributed by atoms with van der Waals surface area (Å²) in [4.78, 5) is 0. The highest BCUT2D eigenvalue weighted by Gasteiger charge is 2.43. The van der Waals surface area contributed by atoms with E-state index in [9.17, 15) is 0 Å². The van der Waals surface area contributed by atoms with Crippen molar-refractivity contribution in [2.24, 2.45) is 0 Å². The molecular formula is C14H32O2Si2. The number of hydrogen-bond acceptors (Lipinski definition) is 2. The quantitative estimate of drug-likeness (QED) is 0.514. The molecule has 0 radical (unpaired) electrons. The van der Waals surface area contributed by atoms with E-state index in [0.717, 1.165) is 5.76 Å². The maximum atomic E-state index is 6.43. The van der Waals surface area contributed by atoms with Gasteiger partial charge in [-0.1, -0.05) is 27.4 Å². The van der Waals surface area contributed by atoms with Crippen LogP contribution in [0.2, 0.25) is 37.8 Å². The van der Waals surface area contributed by atoms with Gasteiger partial charge in [-0.15, -0.1) is 0 Å². The average molecular weight is 289 g/mol. The Labute approximate surface area is 116 Å². The molecule has 0 amide bonds. The van der Waals surface area contributed by atoms with E-state index in [4.69, 9.17) is 8.85 Å². The van der Waals surface area contributed by atoms with Crippen molar-refractivity contribution in [1.29, 1.82) is 0 Å². The van der Waals surface area contributed by atoms with Gasteiger partial charge in [-0.3, -0.25) is 0 Å². The van der Waals surface area contributed by atoms with E-state index < -0.39 is 22.2 Å². The highest BCUT2D eigenvalue weighted by Crippen LogP contribution is 2.40. The van der Waals surface area contributed by atoms with Gasteiger partial charge in [-0.25, -0.2) is 0 Å². The van der Waals surface area contributed by atoms with E-state index >= 15 is 0 Å². The average Bonchev–Trinajstić information content (AvgIpc) is 1.95. The fraction of sp³-hybridized carbons (Fsp3) is 0.857. The highest BCUT2D eigenvalue weighted by molar-refractivity contribution is 6.74. The third-order valence-electron chi connectivity index (χ3n) is 3.42. The Kier molecular flexibility index (Phi) is 5.12. The molecule has 0 rings (SSSR count). The zero-order valence-corrected chi connectivity index (χ0v) is 16.0. The maximum absolute atomic E-state index is 6.43. The third kappa shape index (κ3) is 5.28. The summed E-state index contributed by atoms with van der Waals surface area (Å²) in [6.07, 6.45) is 0. The van der Waals surface area contributed by atoms with Crippen LogP contribution in [0.15, 0.2) is 12.3 Å². The van der Waals surface area contributed by atoms with E-state index in [-0.39, 0.29) is 5.04 Å². The molecule has 0 aromatic rings. The Morgan fingerprint density at radius 1 is 0.889 bits per heavy atom. The Balaban J connectivity index is 4.92. The lowest BCUT2D eigenvalue weighted by Gasteiger charge is -2.44. The summed E-state index contributed by atoms with van der Waals surface area (Å²) in [5, 5.41) is 0.198. The number of rotatable bonds is 5. The minimum atomic E-state index is -1.80. The van der Waals surface area contributed by atoms with Crippen LogP contribution in [0.3, 0.4) is 0 Å². The standard InChI is InChI=1S/C14H32O2Si2/c1-12(15-17(7,8)9)14(5,6)16-18(10,11)13(2,3)4/h1H2,2-11H3. The van der Waals surface area contributed by atoms with Gasteiger partial charge in [0.1, 0.15) is 11.4 Å². The minimum absolute atomic E-state index is 0.198. The first-order valence-corrected chi connectivity index (χ1v) is 13.0. The normalized spacial score (nSPS) is 14.6. The molecule has 0 spiro atoms. The van der Waals surface area contributed by atoms with Crippen LogP contribution >= 0.6 is 0 Å². The molecule has 0 saturated heterocycles. The molecule has 0 saturated carbocycles. The van der Waals surface area contributed by atoms with E-state index in [1.165, 1.54) is 0 Å². The van der Waals surface area contributed by atoms with Gasteiger partial charge in [0, 0.05) is 0 Å². The van der Waals surface area contributed by atoms with Crippen LogP contribution in [-0.2, 0) is 8.85 Å². The van der Waals surface area contributed by atoms with Crippen molar-refractivity contribution >= 4 is 16.6 Å². The molecule has 0 atom stereocenters. The topological polar surface area (TPSA) is 18.5 Å². The summed E-state index contributed by atoms with van der Waals surface area (Å²) in [5.41, 5.74) is -0.413. The fourth-order valence-electron chi connectivity index (χ4n) is 1.34. The smallest absolute Gasteiger partial charge is 0.241 e. The van der Waals surface area contributed by atoms with Crippen molar-refractivity contribution in [3.63, 3.8) is 0 Å². The van der Waals surface area contributed by atoms with Gasteiger partial charge in [0.15, 0.2) is 8.32 Å². The molecule has 0 aliphatic carbocycles. The van der Waals surface area contributed by atoms with Gasteiger partial charge in [0.25, 0.3) is 0 Å². The molecule has 0 heterocycles. The van der Waals surface area contributed by atoms with Crippen LogP contribution < -0.4 is 0 Å². The lowest BCUT2D eigenvalue weighted by atomic mass is 10.1. The predicted octanol–water partition coefficient (Wildman–Crippen LogP) is 5.15. The predicted molar refractivity (Wildman–Crippen MR) is 85.9 cm³/mol. The molecule has 108 valence electrons. The lowest BCUT2D eigenvalue weighted by molar-refractivity contribution is 0.0868. The summed E-state index contributed by atoms with van der Waals surface area (Å²) < 4.78 is 12.4. The number of hydrogen-bond donors (Lipinski definition) is 0. The molecule has 0 N–H and O–H groups in total. The largest absolute Gasteiger partial charge is 0.546 e.